The summed E-state index contributed by atoms with van der Waals surface area (Å²) in [6.07, 6.45) is -5.16. The first-order chi connectivity index (χ1) is 11.3. The van der Waals surface area contributed by atoms with E-state index in [9.17, 15) is 22.7 Å². The van der Waals surface area contributed by atoms with Crippen molar-refractivity contribution >= 4 is 0 Å². The van der Waals surface area contributed by atoms with Crippen molar-refractivity contribution in [2.75, 3.05) is 6.54 Å². The van der Waals surface area contributed by atoms with Crippen molar-refractivity contribution < 1.29 is 22.7 Å². The van der Waals surface area contributed by atoms with E-state index in [2.05, 4.69) is 5.32 Å². The van der Waals surface area contributed by atoms with Gasteiger partial charge in [0.05, 0.1) is 11.7 Å². The molecule has 0 aliphatic heterocycles. The zero-order valence-corrected chi connectivity index (χ0v) is 13.1. The van der Waals surface area contributed by atoms with Crippen LogP contribution in [-0.2, 0) is 6.18 Å². The molecule has 2 atom stereocenters. The van der Waals surface area contributed by atoms with E-state index in [1.54, 1.807) is 12.1 Å². The lowest BCUT2D eigenvalue weighted by Crippen LogP contribution is -2.27. The van der Waals surface area contributed by atoms with Crippen LogP contribution in [0.4, 0.5) is 17.6 Å². The average Bonchev–Trinajstić information content (AvgIpc) is 2.56. The molecule has 1 unspecified atom stereocenters. The van der Waals surface area contributed by atoms with Crippen LogP contribution in [0, 0.1) is 5.82 Å². The molecule has 0 bridgehead atoms. The molecule has 0 heterocycles. The maximum atomic E-state index is 13.0. The molecule has 24 heavy (non-hydrogen) atoms. The number of hydrogen-bond donors (Lipinski definition) is 2. The molecule has 2 aromatic carbocycles. The molecule has 0 spiro atoms. The van der Waals surface area contributed by atoms with Gasteiger partial charge in [0.1, 0.15) is 5.82 Å². The lowest BCUT2D eigenvalue weighted by atomic mass is 10.0. The van der Waals surface area contributed by atoms with Crippen molar-refractivity contribution in [1.82, 2.24) is 5.32 Å². The molecule has 2 N–H and O–H groups in total. The highest BCUT2D eigenvalue weighted by atomic mass is 19.4. The molecule has 130 valence electrons. The highest BCUT2D eigenvalue weighted by molar-refractivity contribution is 5.31. The highest BCUT2D eigenvalue weighted by Gasteiger charge is 2.34. The molecule has 2 nitrogen and oxygen atoms in total. The van der Waals surface area contributed by atoms with Crippen LogP contribution >= 0.6 is 0 Å². The molecule has 0 aromatic heterocycles. The summed E-state index contributed by atoms with van der Waals surface area (Å²) in [6.45, 7) is 1.86. The summed E-state index contributed by atoms with van der Waals surface area (Å²) >= 11 is 0. The second-order valence-electron chi connectivity index (χ2n) is 5.52. The summed E-state index contributed by atoms with van der Waals surface area (Å²) in [5.74, 6) is -0.354. The minimum atomic E-state index is -4.52. The van der Waals surface area contributed by atoms with E-state index in [1.165, 1.54) is 30.3 Å². The van der Waals surface area contributed by atoms with E-state index in [0.29, 0.717) is 6.42 Å². The quantitative estimate of drug-likeness (QED) is 0.752. The van der Waals surface area contributed by atoms with Gasteiger partial charge in [-0.15, -0.1) is 0 Å². The van der Waals surface area contributed by atoms with Gasteiger partial charge < -0.3 is 10.4 Å². The third-order valence-electron chi connectivity index (χ3n) is 3.86. The van der Waals surface area contributed by atoms with Crippen LogP contribution in [0.5, 0.6) is 0 Å². The van der Waals surface area contributed by atoms with Gasteiger partial charge in [-0.3, -0.25) is 0 Å². The Bertz CT molecular complexity index is 655. The van der Waals surface area contributed by atoms with Gasteiger partial charge in [0.25, 0.3) is 0 Å². The Kier molecular flexibility index (Phi) is 5.96. The van der Waals surface area contributed by atoms with Crippen LogP contribution in [0.2, 0.25) is 0 Å². The van der Waals surface area contributed by atoms with E-state index in [1.807, 2.05) is 6.92 Å². The van der Waals surface area contributed by atoms with Gasteiger partial charge in [-0.25, -0.2) is 4.39 Å². The fraction of sp³-hybridized carbons (Fsp3) is 0.333. The SMILES string of the molecule is CC[C@@H](NCC(O)c1ccccc1C(F)(F)F)c1ccc(F)cc1. The number of aliphatic hydroxyl groups excluding tert-OH is 1. The predicted molar refractivity (Wildman–Crippen MR) is 83.8 cm³/mol. The molecule has 6 heteroatoms. The standard InChI is InChI=1S/C18H19F4NO/c1-2-16(12-7-9-13(19)10-8-12)23-11-17(24)14-5-3-4-6-15(14)18(20,21)22/h3-10,16-17,23-24H,2,11H2,1H3/t16-,17?/m1/s1. The number of halogens is 4. The first-order valence-electron chi connectivity index (χ1n) is 7.66. The van der Waals surface area contributed by atoms with Crippen molar-refractivity contribution in [1.29, 1.82) is 0 Å². The molecule has 0 aliphatic rings. The van der Waals surface area contributed by atoms with Crippen molar-refractivity contribution in [3.63, 3.8) is 0 Å². The van der Waals surface area contributed by atoms with E-state index >= 15 is 0 Å². The Hall–Kier alpha value is -1.92. The molecule has 0 radical (unpaired) electrons. The second kappa shape index (κ2) is 7.77. The van der Waals surface area contributed by atoms with Crippen LogP contribution in [0.3, 0.4) is 0 Å². The Balaban J connectivity index is 2.10. The van der Waals surface area contributed by atoms with E-state index in [0.717, 1.165) is 11.6 Å². The number of rotatable bonds is 6. The van der Waals surface area contributed by atoms with Gasteiger partial charge in [0.2, 0.25) is 0 Å². The maximum absolute atomic E-state index is 13.0. The number of hydrogen-bond acceptors (Lipinski definition) is 2. The van der Waals surface area contributed by atoms with Crippen LogP contribution in [0.25, 0.3) is 0 Å². The second-order valence-corrected chi connectivity index (χ2v) is 5.52. The summed E-state index contributed by atoms with van der Waals surface area (Å²) < 4.78 is 52.0. The van der Waals surface area contributed by atoms with Crippen molar-refractivity contribution in [2.24, 2.45) is 0 Å². The first-order valence-corrected chi connectivity index (χ1v) is 7.66. The third kappa shape index (κ3) is 4.55. The lowest BCUT2D eigenvalue weighted by Gasteiger charge is -2.22. The van der Waals surface area contributed by atoms with Gasteiger partial charge in [-0.1, -0.05) is 37.3 Å². The first kappa shape index (κ1) is 18.4. The van der Waals surface area contributed by atoms with E-state index in [-0.39, 0.29) is 24.0 Å². The molecule has 0 saturated carbocycles. The average molecular weight is 341 g/mol. The minimum Gasteiger partial charge on any atom is -0.387 e. The number of aliphatic hydroxyl groups is 1. The van der Waals surface area contributed by atoms with Gasteiger partial charge in [0, 0.05) is 12.6 Å². The Morgan fingerprint density at radius 2 is 1.67 bits per heavy atom. The molecular weight excluding hydrogens is 322 g/mol. The van der Waals surface area contributed by atoms with Gasteiger partial charge in [-0.05, 0) is 35.7 Å². The largest absolute Gasteiger partial charge is 0.416 e. The molecule has 2 rings (SSSR count). The predicted octanol–water partition coefficient (Wildman–Crippen LogP) is 4.62. The van der Waals surface area contributed by atoms with Crippen LogP contribution < -0.4 is 5.32 Å². The van der Waals surface area contributed by atoms with Crippen LogP contribution in [0.15, 0.2) is 48.5 Å². The monoisotopic (exact) mass is 341 g/mol. The zero-order valence-electron chi connectivity index (χ0n) is 13.1. The summed E-state index contributed by atoms with van der Waals surface area (Å²) in [7, 11) is 0. The summed E-state index contributed by atoms with van der Waals surface area (Å²) in [4.78, 5) is 0. The smallest absolute Gasteiger partial charge is 0.387 e. The number of nitrogens with one attached hydrogen (secondary N) is 1. The molecule has 0 aliphatic carbocycles. The third-order valence-corrected chi connectivity index (χ3v) is 3.86. The summed E-state index contributed by atoms with van der Waals surface area (Å²) in [5, 5.41) is 13.2. The van der Waals surface area contributed by atoms with Crippen LogP contribution in [0.1, 0.15) is 42.2 Å². The minimum absolute atomic E-state index is 0.0387. The number of benzene rings is 2. The highest BCUT2D eigenvalue weighted by Crippen LogP contribution is 2.34. The molecule has 0 amide bonds. The number of alkyl halides is 3. The van der Waals surface area contributed by atoms with E-state index in [4.69, 9.17) is 0 Å². The Morgan fingerprint density at radius 3 is 2.25 bits per heavy atom. The molecular formula is C18H19F4NO. The normalized spacial score (nSPS) is 14.4. The summed E-state index contributed by atoms with van der Waals surface area (Å²) in [6, 6.07) is 10.7. The lowest BCUT2D eigenvalue weighted by molar-refractivity contribution is -0.139. The van der Waals surface area contributed by atoms with Gasteiger partial charge in [0.15, 0.2) is 0 Å². The maximum Gasteiger partial charge on any atom is 0.416 e. The van der Waals surface area contributed by atoms with Gasteiger partial charge >= 0.3 is 6.18 Å². The molecule has 2 aromatic rings. The fourth-order valence-corrected chi connectivity index (χ4v) is 2.60. The van der Waals surface area contributed by atoms with Gasteiger partial charge in [-0.2, -0.15) is 13.2 Å². The summed E-state index contributed by atoms with van der Waals surface area (Å²) in [5.41, 5.74) is -0.184. The van der Waals surface area contributed by atoms with Crippen molar-refractivity contribution in [2.45, 2.75) is 31.7 Å². The molecule has 0 fully saturated rings. The Morgan fingerprint density at radius 1 is 1.04 bits per heavy atom. The van der Waals surface area contributed by atoms with Crippen molar-refractivity contribution in [3.8, 4) is 0 Å². The van der Waals surface area contributed by atoms with Crippen LogP contribution in [-0.4, -0.2) is 11.7 Å². The molecule has 0 saturated heterocycles. The van der Waals surface area contributed by atoms with E-state index < -0.39 is 17.8 Å². The zero-order chi connectivity index (χ0) is 17.7. The topological polar surface area (TPSA) is 32.3 Å². The Labute approximate surface area is 138 Å². The fourth-order valence-electron chi connectivity index (χ4n) is 2.60. The van der Waals surface area contributed by atoms with Crippen molar-refractivity contribution in [3.05, 3.63) is 71.0 Å².